The molecule has 0 radical (unpaired) electrons. The van der Waals surface area contributed by atoms with Crippen LogP contribution in [0.15, 0.2) is 22.8 Å². The molecule has 2 aromatic rings. The Bertz CT molecular complexity index is 750. The van der Waals surface area contributed by atoms with E-state index in [2.05, 4.69) is 32.2 Å². The van der Waals surface area contributed by atoms with Crippen LogP contribution in [0, 0.1) is 16.7 Å². The standard InChI is InChI=1S/C17H18N2O2S/c1-10-7-17(2,3)8-11-12(9-18)16(22-14(10)11)19-15(20)13-5-4-6-21-13/h4-6,10H,7-8H2,1-3H3,(H,19,20)/t10-/m0/s1. The van der Waals surface area contributed by atoms with E-state index in [0.717, 1.165) is 18.4 Å². The van der Waals surface area contributed by atoms with E-state index in [1.165, 1.54) is 22.5 Å². The lowest BCUT2D eigenvalue weighted by molar-refractivity contribution is 0.0997. The molecule has 1 N–H and O–H groups in total. The van der Waals surface area contributed by atoms with E-state index >= 15 is 0 Å². The number of hydrogen-bond donors (Lipinski definition) is 1. The minimum Gasteiger partial charge on any atom is -0.459 e. The molecule has 0 saturated carbocycles. The Morgan fingerprint density at radius 2 is 2.32 bits per heavy atom. The average molecular weight is 314 g/mol. The molecule has 1 amide bonds. The Labute approximate surface area is 133 Å². The Morgan fingerprint density at radius 1 is 1.55 bits per heavy atom. The van der Waals surface area contributed by atoms with Crippen molar-refractivity contribution in [1.29, 1.82) is 5.26 Å². The van der Waals surface area contributed by atoms with Crippen molar-refractivity contribution in [3.05, 3.63) is 40.2 Å². The highest BCUT2D eigenvalue weighted by Gasteiger charge is 2.34. The van der Waals surface area contributed by atoms with E-state index in [1.807, 2.05) is 0 Å². The third-order valence-electron chi connectivity index (χ3n) is 4.08. The summed E-state index contributed by atoms with van der Waals surface area (Å²) in [7, 11) is 0. The zero-order chi connectivity index (χ0) is 15.9. The van der Waals surface area contributed by atoms with Crippen molar-refractivity contribution in [2.24, 2.45) is 5.41 Å². The van der Waals surface area contributed by atoms with Gasteiger partial charge in [-0.25, -0.2) is 0 Å². The van der Waals surface area contributed by atoms with Crippen LogP contribution in [0.3, 0.4) is 0 Å². The first-order valence-electron chi connectivity index (χ1n) is 7.32. The van der Waals surface area contributed by atoms with Crippen molar-refractivity contribution in [3.63, 3.8) is 0 Å². The molecular formula is C17H18N2O2S. The fraction of sp³-hybridized carbons (Fsp3) is 0.412. The average Bonchev–Trinajstić information content (AvgIpc) is 3.05. The van der Waals surface area contributed by atoms with E-state index in [1.54, 1.807) is 12.1 Å². The number of thiophene rings is 1. The van der Waals surface area contributed by atoms with Crippen LogP contribution in [0.4, 0.5) is 5.00 Å². The molecule has 0 saturated heterocycles. The van der Waals surface area contributed by atoms with Gasteiger partial charge < -0.3 is 9.73 Å². The quantitative estimate of drug-likeness (QED) is 0.885. The molecular weight excluding hydrogens is 296 g/mol. The monoisotopic (exact) mass is 314 g/mol. The number of furan rings is 1. The summed E-state index contributed by atoms with van der Waals surface area (Å²) in [6.07, 6.45) is 3.43. The molecule has 2 heterocycles. The number of nitrogens with zero attached hydrogens (tertiary/aromatic N) is 1. The second-order valence-corrected chi connectivity index (χ2v) is 7.69. The van der Waals surface area contributed by atoms with Gasteiger partial charge >= 0.3 is 0 Å². The summed E-state index contributed by atoms with van der Waals surface area (Å²) < 4.78 is 5.11. The summed E-state index contributed by atoms with van der Waals surface area (Å²) in [6, 6.07) is 5.56. The van der Waals surface area contributed by atoms with Crippen molar-refractivity contribution < 1.29 is 9.21 Å². The van der Waals surface area contributed by atoms with E-state index in [0.29, 0.717) is 16.5 Å². The predicted molar refractivity (Wildman–Crippen MR) is 86.2 cm³/mol. The molecule has 1 aliphatic rings. The van der Waals surface area contributed by atoms with Crippen LogP contribution in [-0.2, 0) is 6.42 Å². The topological polar surface area (TPSA) is 66.0 Å². The maximum atomic E-state index is 12.2. The molecule has 114 valence electrons. The van der Waals surface area contributed by atoms with Crippen LogP contribution in [-0.4, -0.2) is 5.91 Å². The lowest BCUT2D eigenvalue weighted by Gasteiger charge is -2.33. The summed E-state index contributed by atoms with van der Waals surface area (Å²) in [5, 5.41) is 13.0. The molecule has 0 unspecified atom stereocenters. The molecule has 3 rings (SSSR count). The Morgan fingerprint density at radius 3 is 2.95 bits per heavy atom. The Hall–Kier alpha value is -2.06. The van der Waals surface area contributed by atoms with Gasteiger partial charge in [0, 0.05) is 4.88 Å². The van der Waals surface area contributed by atoms with Crippen LogP contribution in [0.5, 0.6) is 0 Å². The molecule has 2 aromatic heterocycles. The summed E-state index contributed by atoms with van der Waals surface area (Å²) in [5.41, 5.74) is 1.90. The second kappa shape index (κ2) is 5.29. The third-order valence-corrected chi connectivity index (χ3v) is 5.46. The Balaban J connectivity index is 1.97. The summed E-state index contributed by atoms with van der Waals surface area (Å²) >= 11 is 1.52. The van der Waals surface area contributed by atoms with Crippen LogP contribution in [0.1, 0.15) is 59.7 Å². The van der Waals surface area contributed by atoms with Crippen molar-refractivity contribution in [3.8, 4) is 6.07 Å². The minimum atomic E-state index is -0.313. The zero-order valence-electron chi connectivity index (χ0n) is 12.9. The third kappa shape index (κ3) is 2.55. The van der Waals surface area contributed by atoms with E-state index in [4.69, 9.17) is 4.42 Å². The number of nitrogens with one attached hydrogen (secondary N) is 1. The van der Waals surface area contributed by atoms with Gasteiger partial charge in [-0.15, -0.1) is 11.3 Å². The van der Waals surface area contributed by atoms with Crippen molar-refractivity contribution in [2.45, 2.75) is 39.5 Å². The highest BCUT2D eigenvalue weighted by Crippen LogP contribution is 2.48. The lowest BCUT2D eigenvalue weighted by atomic mass is 9.72. The molecule has 0 fully saturated rings. The molecule has 0 spiro atoms. The van der Waals surface area contributed by atoms with Crippen LogP contribution in [0.25, 0.3) is 0 Å². The van der Waals surface area contributed by atoms with Gasteiger partial charge in [0.15, 0.2) is 5.76 Å². The maximum Gasteiger partial charge on any atom is 0.291 e. The second-order valence-electron chi connectivity index (χ2n) is 6.64. The number of anilines is 1. The van der Waals surface area contributed by atoms with Crippen molar-refractivity contribution in [2.75, 3.05) is 5.32 Å². The lowest BCUT2D eigenvalue weighted by Crippen LogP contribution is -2.23. The van der Waals surface area contributed by atoms with Crippen LogP contribution in [0.2, 0.25) is 0 Å². The number of carbonyl (C=O) groups is 1. The van der Waals surface area contributed by atoms with Gasteiger partial charge in [0.05, 0.1) is 11.8 Å². The summed E-state index contributed by atoms with van der Waals surface area (Å²) in [6.45, 7) is 6.65. The zero-order valence-corrected chi connectivity index (χ0v) is 13.7. The maximum absolute atomic E-state index is 12.2. The number of fused-ring (bicyclic) bond motifs is 1. The SMILES string of the molecule is C[C@H]1CC(C)(C)Cc2c1sc(NC(=O)c1ccco1)c2C#N. The molecule has 0 aliphatic heterocycles. The van der Waals surface area contributed by atoms with Gasteiger partial charge in [-0.1, -0.05) is 20.8 Å². The van der Waals surface area contributed by atoms with Crippen molar-refractivity contribution in [1.82, 2.24) is 0 Å². The highest BCUT2D eigenvalue weighted by atomic mass is 32.1. The molecule has 0 aromatic carbocycles. The predicted octanol–water partition coefficient (Wildman–Crippen LogP) is 4.54. The number of rotatable bonds is 2. The normalized spacial score (nSPS) is 19.3. The van der Waals surface area contributed by atoms with Crippen molar-refractivity contribution >= 4 is 22.2 Å². The number of carbonyl (C=O) groups excluding carboxylic acids is 1. The van der Waals surface area contributed by atoms with Gasteiger partial charge in [0.1, 0.15) is 11.1 Å². The molecule has 5 heteroatoms. The summed E-state index contributed by atoms with van der Waals surface area (Å²) in [5.74, 6) is 0.348. The first-order chi connectivity index (χ1) is 10.4. The Kier molecular flexibility index (Phi) is 3.57. The first-order valence-corrected chi connectivity index (χ1v) is 8.13. The van der Waals surface area contributed by atoms with Gasteiger partial charge in [0.2, 0.25) is 0 Å². The van der Waals surface area contributed by atoms with E-state index in [-0.39, 0.29) is 17.1 Å². The number of hydrogen-bond acceptors (Lipinski definition) is 4. The van der Waals surface area contributed by atoms with E-state index in [9.17, 15) is 10.1 Å². The fourth-order valence-corrected chi connectivity index (χ4v) is 4.52. The number of amides is 1. The van der Waals surface area contributed by atoms with Gasteiger partial charge in [0.25, 0.3) is 5.91 Å². The largest absolute Gasteiger partial charge is 0.459 e. The van der Waals surface area contributed by atoms with Gasteiger partial charge in [-0.05, 0) is 41.9 Å². The van der Waals surface area contributed by atoms with Gasteiger partial charge in [-0.3, -0.25) is 4.79 Å². The highest BCUT2D eigenvalue weighted by molar-refractivity contribution is 7.16. The fourth-order valence-electron chi connectivity index (χ4n) is 3.31. The number of nitriles is 1. The smallest absolute Gasteiger partial charge is 0.291 e. The van der Waals surface area contributed by atoms with Gasteiger partial charge in [-0.2, -0.15) is 5.26 Å². The molecule has 0 bridgehead atoms. The molecule has 4 nitrogen and oxygen atoms in total. The minimum absolute atomic E-state index is 0.182. The molecule has 1 aliphatic carbocycles. The first kappa shape index (κ1) is 14.9. The molecule has 22 heavy (non-hydrogen) atoms. The van der Waals surface area contributed by atoms with E-state index < -0.39 is 0 Å². The molecule has 1 atom stereocenters. The van der Waals surface area contributed by atoms with Crippen LogP contribution >= 0.6 is 11.3 Å². The summed E-state index contributed by atoms with van der Waals surface area (Å²) in [4.78, 5) is 13.4. The van der Waals surface area contributed by atoms with Crippen LogP contribution < -0.4 is 5.32 Å².